The van der Waals surface area contributed by atoms with Crippen LogP contribution in [0.2, 0.25) is 0 Å². The van der Waals surface area contributed by atoms with Crippen molar-refractivity contribution in [3.8, 4) is 11.5 Å². The summed E-state index contributed by atoms with van der Waals surface area (Å²) in [6.07, 6.45) is 6.09. The van der Waals surface area contributed by atoms with Crippen molar-refractivity contribution in [3.05, 3.63) is 47.3 Å². The van der Waals surface area contributed by atoms with Gasteiger partial charge < -0.3 is 25.0 Å². The minimum atomic E-state index is -2.97. The van der Waals surface area contributed by atoms with E-state index in [9.17, 15) is 18.4 Å². The Labute approximate surface area is 191 Å². The van der Waals surface area contributed by atoms with Crippen LogP contribution in [0.5, 0.6) is 11.5 Å². The number of nitrogens with two attached hydrogens (primary N) is 1. The molecule has 0 aromatic heterocycles. The highest BCUT2D eigenvalue weighted by Gasteiger charge is 2.37. The molecule has 3 aliphatic rings. The second kappa shape index (κ2) is 9.41. The lowest BCUT2D eigenvalue weighted by Gasteiger charge is -2.30. The van der Waals surface area contributed by atoms with Gasteiger partial charge >= 0.3 is 6.61 Å². The van der Waals surface area contributed by atoms with Crippen LogP contribution >= 0.6 is 0 Å². The summed E-state index contributed by atoms with van der Waals surface area (Å²) in [4.78, 5) is 28.6. The summed E-state index contributed by atoms with van der Waals surface area (Å²) in [6, 6.07) is 4.35. The van der Waals surface area contributed by atoms with Gasteiger partial charge in [-0.05, 0) is 36.5 Å². The van der Waals surface area contributed by atoms with Gasteiger partial charge in [0, 0.05) is 44.5 Å². The molecule has 1 aromatic carbocycles. The highest BCUT2D eigenvalue weighted by Crippen LogP contribution is 2.40. The number of rotatable bonds is 9. The number of nitrogens with zero attached hydrogens (tertiary/aromatic N) is 2. The highest BCUT2D eigenvalue weighted by atomic mass is 19.3. The summed E-state index contributed by atoms with van der Waals surface area (Å²) in [6.45, 7) is -2.14. The van der Waals surface area contributed by atoms with Crippen molar-refractivity contribution in [2.45, 2.75) is 38.3 Å². The number of carbonyl (C=O) groups is 2. The number of benzene rings is 1. The van der Waals surface area contributed by atoms with Gasteiger partial charge in [0.15, 0.2) is 11.5 Å². The monoisotopic (exact) mass is 461 g/mol. The first-order valence-electron chi connectivity index (χ1n) is 11.1. The minimum absolute atomic E-state index is 0.0390. The molecule has 178 valence electrons. The van der Waals surface area contributed by atoms with Crippen molar-refractivity contribution in [2.75, 3.05) is 27.2 Å². The van der Waals surface area contributed by atoms with E-state index in [-0.39, 0.29) is 35.5 Å². The smallest absolute Gasteiger partial charge is 0.387 e. The number of alkyl halides is 2. The lowest BCUT2D eigenvalue weighted by Crippen LogP contribution is -2.32. The Hall–Kier alpha value is -3.10. The molecule has 1 aliphatic heterocycles. The molecule has 1 saturated carbocycles. The molecule has 0 spiro atoms. The zero-order chi connectivity index (χ0) is 23.7. The van der Waals surface area contributed by atoms with Gasteiger partial charge in [-0.25, -0.2) is 0 Å². The molecule has 33 heavy (non-hydrogen) atoms. The van der Waals surface area contributed by atoms with Crippen molar-refractivity contribution in [2.24, 2.45) is 17.6 Å². The minimum Gasteiger partial charge on any atom is -0.489 e. The molecule has 2 N–H and O–H groups in total. The van der Waals surface area contributed by atoms with Gasteiger partial charge in [0.1, 0.15) is 5.78 Å². The Kier molecular flexibility index (Phi) is 6.58. The molecule has 9 heteroatoms. The zero-order valence-electron chi connectivity index (χ0n) is 18.8. The second-order valence-corrected chi connectivity index (χ2v) is 9.01. The number of hydrogen-bond acceptors (Lipinski definition) is 6. The Morgan fingerprint density at radius 2 is 2.03 bits per heavy atom. The number of fused-ring (bicyclic) bond motifs is 1. The predicted molar refractivity (Wildman–Crippen MR) is 118 cm³/mol. The molecule has 7 nitrogen and oxygen atoms in total. The number of amides is 1. The van der Waals surface area contributed by atoms with Gasteiger partial charge in [0.2, 0.25) is 5.91 Å². The van der Waals surface area contributed by atoms with Gasteiger partial charge in [-0.2, -0.15) is 8.78 Å². The van der Waals surface area contributed by atoms with Crippen LogP contribution in [0.15, 0.2) is 41.7 Å². The Morgan fingerprint density at radius 3 is 2.67 bits per heavy atom. The first-order chi connectivity index (χ1) is 15.7. The van der Waals surface area contributed by atoms with Crippen LogP contribution in [0.1, 0.15) is 37.3 Å². The lowest BCUT2D eigenvalue weighted by atomic mass is 9.88. The van der Waals surface area contributed by atoms with Crippen molar-refractivity contribution in [3.63, 3.8) is 0 Å². The topological polar surface area (TPSA) is 85.1 Å². The van der Waals surface area contributed by atoms with Crippen LogP contribution in [-0.2, 0) is 9.59 Å². The summed E-state index contributed by atoms with van der Waals surface area (Å²) in [5.74, 6) is 0.260. The molecule has 4 rings (SSSR count). The van der Waals surface area contributed by atoms with E-state index in [2.05, 4.69) is 4.74 Å². The molecular formula is C24H29F2N3O4. The van der Waals surface area contributed by atoms with Crippen LogP contribution in [-0.4, -0.2) is 55.3 Å². The molecule has 2 aliphatic carbocycles. The first-order valence-corrected chi connectivity index (χ1v) is 11.1. The fourth-order valence-corrected chi connectivity index (χ4v) is 4.17. The fourth-order valence-electron chi connectivity index (χ4n) is 4.17. The number of allylic oxidation sites excluding steroid dienone is 2. The van der Waals surface area contributed by atoms with E-state index in [4.69, 9.17) is 10.5 Å². The summed E-state index contributed by atoms with van der Waals surface area (Å²) < 4.78 is 36.3. The number of halogens is 2. The maximum Gasteiger partial charge on any atom is 0.387 e. The first kappa shape index (κ1) is 23.1. The van der Waals surface area contributed by atoms with Gasteiger partial charge in [0.05, 0.1) is 25.0 Å². The van der Waals surface area contributed by atoms with E-state index in [1.165, 1.54) is 11.0 Å². The average molecular weight is 462 g/mol. The molecule has 1 fully saturated rings. The van der Waals surface area contributed by atoms with Crippen molar-refractivity contribution in [1.82, 2.24) is 9.80 Å². The third kappa shape index (κ3) is 5.29. The van der Waals surface area contributed by atoms with E-state index in [0.29, 0.717) is 36.8 Å². The highest BCUT2D eigenvalue weighted by molar-refractivity contribution is 5.89. The number of hydrogen-bond donors (Lipinski definition) is 1. The molecule has 2 unspecified atom stereocenters. The maximum atomic E-state index is 12.9. The van der Waals surface area contributed by atoms with Gasteiger partial charge in [-0.15, -0.1) is 0 Å². The van der Waals surface area contributed by atoms with E-state index >= 15 is 0 Å². The maximum absolute atomic E-state index is 12.9. The largest absolute Gasteiger partial charge is 0.489 e. The number of ketones is 1. The van der Waals surface area contributed by atoms with Crippen molar-refractivity contribution in [1.29, 1.82) is 0 Å². The molecule has 0 radical (unpaired) electrons. The summed E-state index contributed by atoms with van der Waals surface area (Å²) >= 11 is 0. The van der Waals surface area contributed by atoms with Crippen molar-refractivity contribution < 1.29 is 27.8 Å². The summed E-state index contributed by atoms with van der Waals surface area (Å²) in [5, 5.41) is 0. The Balaban J connectivity index is 1.66. The molecule has 1 aromatic rings. The number of carbonyl (C=O) groups excluding carboxylic acids is 2. The average Bonchev–Trinajstić information content (AvgIpc) is 3.49. The van der Waals surface area contributed by atoms with Crippen LogP contribution < -0.4 is 15.2 Å². The van der Waals surface area contributed by atoms with E-state index in [0.717, 1.165) is 18.4 Å². The standard InChI is InChI=1S/C24H29F2N3O4/c1-28(2)23(31)10-19(29-11-16-17(12-29)20(30)7-6-18(16)27)15-5-8-21(33-24(25)26)22(9-15)32-13-14-3-4-14/h5-6,8-9,11,14,17,19,24H,3-4,7,10,12-13,27H2,1-2H3. The van der Waals surface area contributed by atoms with E-state index < -0.39 is 12.7 Å². The molecule has 0 saturated heterocycles. The van der Waals surface area contributed by atoms with Crippen LogP contribution in [0.3, 0.4) is 0 Å². The van der Waals surface area contributed by atoms with Gasteiger partial charge in [-0.3, -0.25) is 9.59 Å². The Bertz CT molecular complexity index is 988. The van der Waals surface area contributed by atoms with Gasteiger partial charge in [-0.1, -0.05) is 12.1 Å². The quantitative estimate of drug-likeness (QED) is 0.608. The van der Waals surface area contributed by atoms with E-state index in [1.807, 2.05) is 11.1 Å². The molecule has 0 bridgehead atoms. The fraction of sp³-hybridized carbons (Fsp3) is 0.500. The Morgan fingerprint density at radius 1 is 1.27 bits per heavy atom. The molecule has 2 atom stereocenters. The van der Waals surface area contributed by atoms with Crippen LogP contribution in [0.25, 0.3) is 0 Å². The number of ether oxygens (including phenoxy) is 2. The predicted octanol–water partition coefficient (Wildman–Crippen LogP) is 3.23. The van der Waals surface area contributed by atoms with Crippen LogP contribution in [0.4, 0.5) is 8.78 Å². The zero-order valence-corrected chi connectivity index (χ0v) is 18.8. The summed E-state index contributed by atoms with van der Waals surface area (Å²) in [7, 11) is 3.35. The third-order valence-electron chi connectivity index (χ3n) is 6.33. The number of Topliss-reactive ketones (excluding diaryl/α,β-unsaturated/α-hetero) is 1. The molecular weight excluding hydrogens is 432 g/mol. The summed E-state index contributed by atoms with van der Waals surface area (Å²) in [5.41, 5.74) is 8.18. The van der Waals surface area contributed by atoms with Crippen molar-refractivity contribution >= 4 is 11.7 Å². The molecule has 1 heterocycles. The van der Waals surface area contributed by atoms with E-state index in [1.54, 1.807) is 32.3 Å². The van der Waals surface area contributed by atoms with Gasteiger partial charge in [0.25, 0.3) is 0 Å². The lowest BCUT2D eigenvalue weighted by molar-refractivity contribution is -0.129. The second-order valence-electron chi connectivity index (χ2n) is 9.01. The van der Waals surface area contributed by atoms with Crippen LogP contribution in [0, 0.1) is 11.8 Å². The SMILES string of the molecule is CN(C)C(=O)CC(c1ccc(OC(F)F)c(OCC2CC2)c1)N1C=C2C(N)=CCC(=O)C2C1. The third-order valence-corrected chi connectivity index (χ3v) is 6.33. The molecule has 1 amide bonds. The normalized spacial score (nSPS) is 20.8.